The minimum Gasteiger partial charge on any atom is -0.472 e. The molecule has 2 saturated heterocycles. The Balaban J connectivity index is 1.33. The number of likely N-dealkylation sites (tertiary alicyclic amines) is 1. The van der Waals surface area contributed by atoms with Crippen molar-refractivity contribution in [2.45, 2.75) is 44.2 Å². The molecule has 0 aromatic carbocycles. The van der Waals surface area contributed by atoms with Gasteiger partial charge in [0.1, 0.15) is 6.26 Å². The van der Waals surface area contributed by atoms with Gasteiger partial charge in [-0.25, -0.2) is 0 Å². The molecule has 2 fully saturated rings. The number of carbonyl (C=O) groups is 1. The van der Waals surface area contributed by atoms with Gasteiger partial charge in [-0.2, -0.15) is 4.98 Å². The smallest absolute Gasteiger partial charge is 0.227 e. The average molecular weight is 316 g/mol. The third-order valence-corrected chi connectivity index (χ3v) is 4.68. The molecule has 4 rings (SSSR count). The SMILES string of the molecule is O=C(CCc1nc(-c2ccoc2)no1)N1CCC2CCC(C1)N2. The van der Waals surface area contributed by atoms with Crippen molar-refractivity contribution in [1.82, 2.24) is 20.4 Å². The second kappa shape index (κ2) is 6.16. The molecule has 1 amide bonds. The summed E-state index contributed by atoms with van der Waals surface area (Å²) in [5.74, 6) is 1.16. The van der Waals surface area contributed by atoms with E-state index in [-0.39, 0.29) is 5.91 Å². The number of fused-ring (bicyclic) bond motifs is 2. The van der Waals surface area contributed by atoms with Crippen LogP contribution in [0, 0.1) is 0 Å². The Morgan fingerprint density at radius 1 is 1.35 bits per heavy atom. The fraction of sp³-hybridized carbons (Fsp3) is 0.562. The van der Waals surface area contributed by atoms with Gasteiger partial charge in [-0.1, -0.05) is 5.16 Å². The minimum absolute atomic E-state index is 0.169. The summed E-state index contributed by atoms with van der Waals surface area (Å²) in [6, 6.07) is 2.83. The van der Waals surface area contributed by atoms with E-state index in [1.54, 1.807) is 18.6 Å². The highest BCUT2D eigenvalue weighted by atomic mass is 16.5. The number of rotatable bonds is 4. The largest absolute Gasteiger partial charge is 0.472 e. The lowest BCUT2D eigenvalue weighted by Crippen LogP contribution is -2.39. The van der Waals surface area contributed by atoms with Gasteiger partial charge in [0.2, 0.25) is 17.6 Å². The minimum atomic E-state index is 0.169. The van der Waals surface area contributed by atoms with Crippen LogP contribution in [0.5, 0.6) is 0 Å². The van der Waals surface area contributed by atoms with Crippen LogP contribution in [-0.4, -0.2) is 46.1 Å². The van der Waals surface area contributed by atoms with Crippen molar-refractivity contribution in [3.63, 3.8) is 0 Å². The molecule has 1 N–H and O–H groups in total. The molecule has 2 aromatic rings. The second-order valence-electron chi connectivity index (χ2n) is 6.29. The molecule has 2 unspecified atom stereocenters. The van der Waals surface area contributed by atoms with Gasteiger partial charge >= 0.3 is 0 Å². The molecule has 2 aliphatic heterocycles. The molecule has 0 radical (unpaired) electrons. The number of carbonyl (C=O) groups excluding carboxylic acids is 1. The van der Waals surface area contributed by atoms with Crippen LogP contribution in [0.15, 0.2) is 27.5 Å². The van der Waals surface area contributed by atoms with Crippen molar-refractivity contribution in [2.75, 3.05) is 13.1 Å². The number of aromatic nitrogens is 2. The third kappa shape index (κ3) is 3.14. The summed E-state index contributed by atoms with van der Waals surface area (Å²) in [5.41, 5.74) is 0.779. The first-order valence-electron chi connectivity index (χ1n) is 8.17. The van der Waals surface area contributed by atoms with Gasteiger partial charge in [0.15, 0.2) is 0 Å². The van der Waals surface area contributed by atoms with Crippen LogP contribution in [0.1, 0.15) is 31.6 Å². The fourth-order valence-corrected chi connectivity index (χ4v) is 3.41. The molecule has 2 aliphatic rings. The number of amides is 1. The lowest BCUT2D eigenvalue weighted by atomic mass is 10.1. The third-order valence-electron chi connectivity index (χ3n) is 4.68. The molecule has 0 aliphatic carbocycles. The molecule has 122 valence electrons. The van der Waals surface area contributed by atoms with E-state index in [1.165, 1.54) is 12.8 Å². The topological polar surface area (TPSA) is 84.4 Å². The maximum atomic E-state index is 12.4. The zero-order chi connectivity index (χ0) is 15.6. The van der Waals surface area contributed by atoms with Crippen molar-refractivity contribution in [1.29, 1.82) is 0 Å². The molecular weight excluding hydrogens is 296 g/mol. The first kappa shape index (κ1) is 14.4. The number of hydrogen-bond donors (Lipinski definition) is 1. The van der Waals surface area contributed by atoms with Gasteiger partial charge in [-0.3, -0.25) is 4.79 Å². The molecule has 23 heavy (non-hydrogen) atoms. The van der Waals surface area contributed by atoms with E-state index < -0.39 is 0 Å². The van der Waals surface area contributed by atoms with Crippen LogP contribution in [0.4, 0.5) is 0 Å². The predicted molar refractivity (Wildman–Crippen MR) is 81.5 cm³/mol. The van der Waals surface area contributed by atoms with E-state index in [9.17, 15) is 4.79 Å². The summed E-state index contributed by atoms with van der Waals surface area (Å²) in [5, 5.41) is 7.50. The lowest BCUT2D eigenvalue weighted by Gasteiger charge is -2.24. The molecule has 2 bridgehead atoms. The zero-order valence-corrected chi connectivity index (χ0v) is 12.9. The van der Waals surface area contributed by atoms with E-state index >= 15 is 0 Å². The second-order valence-corrected chi connectivity index (χ2v) is 6.29. The van der Waals surface area contributed by atoms with Crippen LogP contribution >= 0.6 is 0 Å². The van der Waals surface area contributed by atoms with Gasteiger partial charge in [-0.15, -0.1) is 0 Å². The number of nitrogens with one attached hydrogen (secondary N) is 1. The monoisotopic (exact) mass is 316 g/mol. The number of hydrogen-bond acceptors (Lipinski definition) is 6. The lowest BCUT2D eigenvalue weighted by molar-refractivity contribution is -0.131. The Labute approximate surface area is 134 Å². The van der Waals surface area contributed by atoms with Crippen molar-refractivity contribution < 1.29 is 13.7 Å². The van der Waals surface area contributed by atoms with E-state index in [0.717, 1.165) is 25.1 Å². The summed E-state index contributed by atoms with van der Waals surface area (Å²) < 4.78 is 10.2. The summed E-state index contributed by atoms with van der Waals surface area (Å²) in [7, 11) is 0. The van der Waals surface area contributed by atoms with Crippen molar-refractivity contribution >= 4 is 5.91 Å². The maximum absolute atomic E-state index is 12.4. The number of aryl methyl sites for hydroxylation is 1. The molecule has 7 nitrogen and oxygen atoms in total. The zero-order valence-electron chi connectivity index (χ0n) is 12.9. The molecule has 4 heterocycles. The Morgan fingerprint density at radius 2 is 2.26 bits per heavy atom. The molecule has 2 aromatic heterocycles. The molecule has 7 heteroatoms. The van der Waals surface area contributed by atoms with Gasteiger partial charge in [0, 0.05) is 38.0 Å². The van der Waals surface area contributed by atoms with Crippen molar-refractivity contribution in [2.24, 2.45) is 0 Å². The Morgan fingerprint density at radius 3 is 3.13 bits per heavy atom. The Bertz CT molecular complexity index is 667. The summed E-state index contributed by atoms with van der Waals surface area (Å²) >= 11 is 0. The number of furan rings is 1. The summed E-state index contributed by atoms with van der Waals surface area (Å²) in [6.45, 7) is 1.66. The fourth-order valence-electron chi connectivity index (χ4n) is 3.41. The highest BCUT2D eigenvalue weighted by molar-refractivity contribution is 5.76. The molecular formula is C16H20N4O3. The predicted octanol–water partition coefficient (Wildman–Crippen LogP) is 1.62. The van der Waals surface area contributed by atoms with E-state index in [4.69, 9.17) is 8.94 Å². The van der Waals surface area contributed by atoms with Crippen LogP contribution in [0.2, 0.25) is 0 Å². The van der Waals surface area contributed by atoms with E-state index in [0.29, 0.717) is 36.6 Å². The van der Waals surface area contributed by atoms with Crippen LogP contribution in [0.25, 0.3) is 11.4 Å². The van der Waals surface area contributed by atoms with Gasteiger partial charge in [0.05, 0.1) is 11.8 Å². The Kier molecular flexibility index (Phi) is 3.87. The quantitative estimate of drug-likeness (QED) is 0.922. The van der Waals surface area contributed by atoms with Gasteiger partial charge in [-0.05, 0) is 25.3 Å². The number of nitrogens with zero attached hydrogens (tertiary/aromatic N) is 3. The van der Waals surface area contributed by atoms with Gasteiger partial charge in [0.25, 0.3) is 0 Å². The van der Waals surface area contributed by atoms with Gasteiger partial charge < -0.3 is 19.2 Å². The van der Waals surface area contributed by atoms with E-state index in [1.807, 2.05) is 4.90 Å². The summed E-state index contributed by atoms with van der Waals surface area (Å²) in [6.07, 6.45) is 7.48. The molecule has 0 saturated carbocycles. The highest BCUT2D eigenvalue weighted by Crippen LogP contribution is 2.21. The molecule has 2 atom stereocenters. The average Bonchev–Trinajstić information content (AvgIpc) is 3.25. The first-order chi connectivity index (χ1) is 11.3. The van der Waals surface area contributed by atoms with Crippen LogP contribution < -0.4 is 5.32 Å². The van der Waals surface area contributed by atoms with Crippen LogP contribution in [-0.2, 0) is 11.2 Å². The van der Waals surface area contributed by atoms with Crippen LogP contribution in [0.3, 0.4) is 0 Å². The standard InChI is InChI=1S/C16H20N4O3/c21-15(20-7-5-12-1-2-13(9-20)17-12)4-3-14-18-16(19-23-14)11-6-8-22-10-11/h6,8,10,12-13,17H,1-5,7,9H2. The maximum Gasteiger partial charge on any atom is 0.227 e. The highest BCUT2D eigenvalue weighted by Gasteiger charge is 2.31. The normalized spacial score (nSPS) is 23.9. The van der Waals surface area contributed by atoms with Crippen molar-refractivity contribution in [3.05, 3.63) is 24.5 Å². The van der Waals surface area contributed by atoms with E-state index in [2.05, 4.69) is 15.5 Å². The first-order valence-corrected chi connectivity index (χ1v) is 8.17. The summed E-state index contributed by atoms with van der Waals surface area (Å²) in [4.78, 5) is 18.7. The Hall–Kier alpha value is -2.15. The van der Waals surface area contributed by atoms with Crippen molar-refractivity contribution in [3.8, 4) is 11.4 Å². The molecule has 0 spiro atoms.